The first-order chi connectivity index (χ1) is 9.91. The van der Waals surface area contributed by atoms with E-state index in [9.17, 15) is 14.7 Å². The molecule has 0 saturated carbocycles. The van der Waals surface area contributed by atoms with Crippen LogP contribution in [0.2, 0.25) is 0 Å². The Kier molecular flexibility index (Phi) is 4.80. The van der Waals surface area contributed by atoms with Gasteiger partial charge in [-0.15, -0.1) is 0 Å². The third-order valence-electron chi connectivity index (χ3n) is 3.07. The number of benzene rings is 1. The zero-order valence-electron chi connectivity index (χ0n) is 11.6. The number of carboxylic acid groups (broad SMARTS) is 1. The predicted molar refractivity (Wildman–Crippen MR) is 85.1 cm³/mol. The summed E-state index contributed by atoms with van der Waals surface area (Å²) < 4.78 is 0.255. The van der Waals surface area contributed by atoms with Crippen molar-refractivity contribution in [1.29, 1.82) is 0 Å². The minimum atomic E-state index is -1.29. The number of aliphatic carboxylic acids is 1. The van der Waals surface area contributed by atoms with E-state index in [1.165, 1.54) is 0 Å². The molecule has 0 N–H and O–H groups in total. The monoisotopic (exact) mass is 320 g/mol. The highest BCUT2D eigenvalue weighted by molar-refractivity contribution is 8.26. The van der Waals surface area contributed by atoms with E-state index in [0.29, 0.717) is 4.91 Å². The molecule has 0 radical (unpaired) electrons. The van der Waals surface area contributed by atoms with E-state index in [-0.39, 0.29) is 16.1 Å². The van der Waals surface area contributed by atoms with Gasteiger partial charge in [-0.25, -0.2) is 0 Å². The maximum absolute atomic E-state index is 12.4. The lowest BCUT2D eigenvalue weighted by atomic mass is 10.0. The summed E-state index contributed by atoms with van der Waals surface area (Å²) in [5, 5.41) is 11.3. The van der Waals surface area contributed by atoms with Crippen molar-refractivity contribution < 1.29 is 14.7 Å². The Morgan fingerprint density at radius 1 is 1.33 bits per heavy atom. The van der Waals surface area contributed by atoms with Gasteiger partial charge in [-0.05, 0) is 17.6 Å². The Morgan fingerprint density at radius 3 is 2.48 bits per heavy atom. The van der Waals surface area contributed by atoms with Crippen LogP contribution in [0.1, 0.15) is 19.4 Å². The van der Waals surface area contributed by atoms with Crippen molar-refractivity contribution in [3.63, 3.8) is 0 Å². The molecule has 4 nitrogen and oxygen atoms in total. The molecular formula is C15H14NO3S2-. The van der Waals surface area contributed by atoms with Gasteiger partial charge in [0.05, 0.1) is 16.9 Å². The number of hydrogen-bond donors (Lipinski definition) is 0. The minimum Gasteiger partial charge on any atom is -0.548 e. The van der Waals surface area contributed by atoms with Crippen LogP contribution in [-0.4, -0.2) is 27.1 Å². The molecule has 1 aromatic rings. The van der Waals surface area contributed by atoms with Crippen molar-refractivity contribution in [2.24, 2.45) is 5.92 Å². The van der Waals surface area contributed by atoms with E-state index in [1.54, 1.807) is 19.9 Å². The number of thiocarbonyl (C=S) groups is 1. The second kappa shape index (κ2) is 6.41. The molecule has 1 fully saturated rings. The van der Waals surface area contributed by atoms with Crippen LogP contribution in [0.4, 0.5) is 0 Å². The quantitative estimate of drug-likeness (QED) is 0.624. The van der Waals surface area contributed by atoms with E-state index in [0.717, 1.165) is 22.2 Å². The SMILES string of the molecule is CC(C)[C@H](C(=O)[O-])N1C(=O)/C(=C/c2ccccc2)SC1=S. The van der Waals surface area contributed by atoms with Gasteiger partial charge in [0.2, 0.25) is 0 Å². The maximum atomic E-state index is 12.4. The molecule has 1 aliphatic rings. The summed E-state index contributed by atoms with van der Waals surface area (Å²) in [4.78, 5) is 25.3. The molecule has 1 aromatic carbocycles. The van der Waals surface area contributed by atoms with Crippen LogP contribution < -0.4 is 5.11 Å². The molecule has 1 aliphatic heterocycles. The first kappa shape index (κ1) is 15.7. The molecule has 6 heteroatoms. The summed E-state index contributed by atoms with van der Waals surface area (Å²) in [5.41, 5.74) is 0.868. The number of carbonyl (C=O) groups is 2. The summed E-state index contributed by atoms with van der Waals surface area (Å²) in [6.45, 7) is 3.44. The van der Waals surface area contributed by atoms with Gasteiger partial charge in [-0.2, -0.15) is 0 Å². The Morgan fingerprint density at radius 2 is 1.95 bits per heavy atom. The second-order valence-electron chi connectivity index (χ2n) is 4.97. The van der Waals surface area contributed by atoms with E-state index >= 15 is 0 Å². The standard InChI is InChI=1S/C15H15NO3S2/c1-9(2)12(14(18)19)16-13(17)11(21-15(16)20)8-10-6-4-3-5-7-10/h3-9,12H,1-2H3,(H,18,19)/p-1/b11-8-/t12-/m1/s1. The van der Waals surface area contributed by atoms with Crippen molar-refractivity contribution in [2.75, 3.05) is 0 Å². The van der Waals surface area contributed by atoms with Gasteiger partial charge in [0, 0.05) is 0 Å². The number of hydrogen-bond acceptors (Lipinski definition) is 5. The number of carboxylic acids is 1. The third-order valence-corrected chi connectivity index (χ3v) is 4.40. The van der Waals surface area contributed by atoms with Gasteiger partial charge in [0.25, 0.3) is 5.91 Å². The number of thioether (sulfide) groups is 1. The van der Waals surface area contributed by atoms with Gasteiger partial charge in [-0.3, -0.25) is 9.69 Å². The van der Waals surface area contributed by atoms with Crippen LogP contribution in [0.15, 0.2) is 35.2 Å². The molecule has 1 amide bonds. The Balaban J connectivity index is 2.32. The molecule has 0 unspecified atom stereocenters. The van der Waals surface area contributed by atoms with Crippen LogP contribution in [0, 0.1) is 5.92 Å². The Hall–Kier alpha value is -1.66. The molecule has 2 rings (SSSR count). The van der Waals surface area contributed by atoms with Gasteiger partial charge in [0.1, 0.15) is 4.32 Å². The van der Waals surface area contributed by atoms with Crippen LogP contribution in [0.3, 0.4) is 0 Å². The first-order valence-electron chi connectivity index (χ1n) is 6.44. The lowest BCUT2D eigenvalue weighted by molar-refractivity contribution is -0.311. The number of amides is 1. The highest BCUT2D eigenvalue weighted by Crippen LogP contribution is 2.35. The van der Waals surface area contributed by atoms with Crippen LogP contribution >= 0.6 is 24.0 Å². The fraction of sp³-hybridized carbons (Fsp3) is 0.267. The molecule has 110 valence electrons. The topological polar surface area (TPSA) is 60.4 Å². The zero-order valence-corrected chi connectivity index (χ0v) is 13.2. The van der Waals surface area contributed by atoms with Crippen molar-refractivity contribution in [3.8, 4) is 0 Å². The van der Waals surface area contributed by atoms with Crippen molar-refractivity contribution >= 4 is 46.3 Å². The molecule has 0 spiro atoms. The number of carbonyl (C=O) groups excluding carboxylic acids is 2. The fourth-order valence-corrected chi connectivity index (χ4v) is 3.43. The van der Waals surface area contributed by atoms with Crippen LogP contribution in [0.5, 0.6) is 0 Å². The summed E-state index contributed by atoms with van der Waals surface area (Å²) in [7, 11) is 0. The van der Waals surface area contributed by atoms with E-state index < -0.39 is 12.0 Å². The highest BCUT2D eigenvalue weighted by atomic mass is 32.2. The van der Waals surface area contributed by atoms with Gasteiger partial charge in [0.15, 0.2) is 0 Å². The Labute approximate surface area is 132 Å². The van der Waals surface area contributed by atoms with Crippen molar-refractivity contribution in [1.82, 2.24) is 4.90 Å². The van der Waals surface area contributed by atoms with Crippen LogP contribution in [0.25, 0.3) is 6.08 Å². The molecule has 0 aliphatic carbocycles. The summed E-state index contributed by atoms with van der Waals surface area (Å²) in [6.07, 6.45) is 1.71. The fourth-order valence-electron chi connectivity index (χ4n) is 2.10. The maximum Gasteiger partial charge on any atom is 0.266 e. The predicted octanol–water partition coefficient (Wildman–Crippen LogP) is 1.66. The Bertz CT molecular complexity index is 611. The highest BCUT2D eigenvalue weighted by Gasteiger charge is 2.38. The average molecular weight is 320 g/mol. The third kappa shape index (κ3) is 3.33. The van der Waals surface area contributed by atoms with Crippen LogP contribution in [-0.2, 0) is 9.59 Å². The second-order valence-corrected chi connectivity index (χ2v) is 6.65. The van der Waals surface area contributed by atoms with Gasteiger partial charge < -0.3 is 9.90 Å². The smallest absolute Gasteiger partial charge is 0.266 e. The molecular weight excluding hydrogens is 306 g/mol. The average Bonchev–Trinajstić information content (AvgIpc) is 2.67. The van der Waals surface area contributed by atoms with Crippen molar-refractivity contribution in [3.05, 3.63) is 40.8 Å². The summed E-state index contributed by atoms with van der Waals surface area (Å²) >= 11 is 6.28. The summed E-state index contributed by atoms with van der Waals surface area (Å²) in [5.74, 6) is -1.95. The number of rotatable bonds is 4. The summed E-state index contributed by atoms with van der Waals surface area (Å²) in [6, 6.07) is 8.30. The molecule has 1 heterocycles. The molecule has 21 heavy (non-hydrogen) atoms. The molecule has 1 atom stereocenters. The van der Waals surface area contributed by atoms with Gasteiger partial charge >= 0.3 is 0 Å². The lowest BCUT2D eigenvalue weighted by Crippen LogP contribution is -2.52. The first-order valence-corrected chi connectivity index (χ1v) is 7.67. The molecule has 0 bridgehead atoms. The zero-order chi connectivity index (χ0) is 15.6. The van der Waals surface area contributed by atoms with E-state index in [4.69, 9.17) is 12.2 Å². The molecule has 1 saturated heterocycles. The van der Waals surface area contributed by atoms with Crippen molar-refractivity contribution in [2.45, 2.75) is 19.9 Å². The largest absolute Gasteiger partial charge is 0.548 e. The number of nitrogens with zero attached hydrogens (tertiary/aromatic N) is 1. The lowest BCUT2D eigenvalue weighted by Gasteiger charge is -2.30. The van der Waals surface area contributed by atoms with E-state index in [2.05, 4.69) is 0 Å². The van der Waals surface area contributed by atoms with Gasteiger partial charge in [-0.1, -0.05) is 68.2 Å². The molecule has 0 aromatic heterocycles. The van der Waals surface area contributed by atoms with E-state index in [1.807, 2.05) is 30.3 Å². The normalized spacial score (nSPS) is 18.6. The minimum absolute atomic E-state index is 0.255.